The van der Waals surface area contributed by atoms with Gasteiger partial charge in [-0.05, 0) is 25.8 Å². The minimum atomic E-state index is 0.0351. The number of nitrogens with zero attached hydrogens (tertiary/aromatic N) is 2. The molecule has 0 aromatic heterocycles. The first-order valence-electron chi connectivity index (χ1n) is 10.2. The highest BCUT2D eigenvalue weighted by Crippen LogP contribution is 2.27. The van der Waals surface area contributed by atoms with E-state index in [0.717, 1.165) is 50.5 Å². The lowest BCUT2D eigenvalue weighted by Crippen LogP contribution is -2.51. The van der Waals surface area contributed by atoms with E-state index >= 15 is 0 Å². The molecule has 27 heavy (non-hydrogen) atoms. The van der Waals surface area contributed by atoms with E-state index in [1.165, 1.54) is 12.8 Å². The standard InChI is InChI=1S/C21H33N3O3/c1-17(23-11-13-27-14-12-23)15-22-21(25)24(19-8-4-5-9-19)16-18-7-3-6-10-20(18)26-2/h3,6-7,10,17,19H,4-5,8-9,11-16H2,1-2H3,(H,22,25)/t17-/m1/s1. The van der Waals surface area contributed by atoms with Crippen LogP contribution in [-0.4, -0.2) is 67.9 Å². The molecule has 0 radical (unpaired) electrons. The van der Waals surface area contributed by atoms with Crippen molar-refractivity contribution >= 4 is 6.03 Å². The number of ether oxygens (including phenoxy) is 2. The Bertz CT molecular complexity index is 598. The van der Waals surface area contributed by atoms with E-state index in [1.807, 2.05) is 29.2 Å². The molecule has 1 atom stereocenters. The minimum absolute atomic E-state index is 0.0351. The zero-order valence-electron chi connectivity index (χ0n) is 16.7. The second-order valence-corrected chi connectivity index (χ2v) is 7.56. The maximum atomic E-state index is 13.1. The molecule has 1 N–H and O–H groups in total. The number of benzene rings is 1. The molecular weight excluding hydrogens is 342 g/mol. The van der Waals surface area contributed by atoms with Crippen LogP contribution in [0.5, 0.6) is 5.75 Å². The largest absolute Gasteiger partial charge is 0.496 e. The SMILES string of the molecule is COc1ccccc1CN(C(=O)NC[C@@H](C)N1CCOCC1)C1CCCC1. The van der Waals surface area contributed by atoms with Crippen molar-refractivity contribution < 1.29 is 14.3 Å². The third-order valence-electron chi connectivity index (χ3n) is 5.78. The van der Waals surface area contributed by atoms with Crippen molar-refractivity contribution in [3.63, 3.8) is 0 Å². The number of urea groups is 1. The van der Waals surface area contributed by atoms with Crippen molar-refractivity contribution in [3.8, 4) is 5.75 Å². The van der Waals surface area contributed by atoms with Crippen LogP contribution in [0.25, 0.3) is 0 Å². The van der Waals surface area contributed by atoms with E-state index in [9.17, 15) is 4.79 Å². The first-order chi connectivity index (χ1) is 13.2. The molecule has 1 saturated heterocycles. The normalized spacial score (nSPS) is 19.6. The van der Waals surface area contributed by atoms with E-state index in [0.29, 0.717) is 25.2 Å². The van der Waals surface area contributed by atoms with Gasteiger partial charge in [-0.2, -0.15) is 0 Å². The Hall–Kier alpha value is -1.79. The molecule has 1 aliphatic heterocycles. The number of nitrogens with one attached hydrogen (secondary N) is 1. The number of carbonyl (C=O) groups excluding carboxylic acids is 1. The van der Waals surface area contributed by atoms with Crippen molar-refractivity contribution in [2.24, 2.45) is 0 Å². The van der Waals surface area contributed by atoms with Gasteiger partial charge in [-0.15, -0.1) is 0 Å². The summed E-state index contributed by atoms with van der Waals surface area (Å²) < 4.78 is 10.9. The summed E-state index contributed by atoms with van der Waals surface area (Å²) in [5.41, 5.74) is 1.06. The summed E-state index contributed by atoms with van der Waals surface area (Å²) in [7, 11) is 1.68. The molecule has 6 heteroatoms. The number of rotatable bonds is 7. The molecule has 1 aromatic carbocycles. The molecule has 0 unspecified atom stereocenters. The van der Waals surface area contributed by atoms with Gasteiger partial charge >= 0.3 is 6.03 Å². The molecule has 2 amide bonds. The second kappa shape index (κ2) is 9.95. The van der Waals surface area contributed by atoms with Crippen molar-refractivity contribution in [3.05, 3.63) is 29.8 Å². The Balaban J connectivity index is 1.62. The quantitative estimate of drug-likeness (QED) is 0.796. The van der Waals surface area contributed by atoms with Gasteiger partial charge in [-0.1, -0.05) is 31.0 Å². The lowest BCUT2D eigenvalue weighted by molar-refractivity contribution is 0.0205. The predicted octanol–water partition coefficient (Wildman–Crippen LogP) is 2.87. The molecule has 150 valence electrons. The highest BCUT2D eigenvalue weighted by atomic mass is 16.5. The van der Waals surface area contributed by atoms with Gasteiger partial charge in [0.1, 0.15) is 5.75 Å². The topological polar surface area (TPSA) is 54.0 Å². The van der Waals surface area contributed by atoms with Crippen molar-refractivity contribution in [1.82, 2.24) is 15.1 Å². The van der Waals surface area contributed by atoms with Crippen LogP contribution in [0.4, 0.5) is 4.79 Å². The third kappa shape index (κ3) is 5.36. The van der Waals surface area contributed by atoms with E-state index < -0.39 is 0 Å². The summed E-state index contributed by atoms with van der Waals surface area (Å²) in [6.45, 7) is 6.85. The molecule has 1 saturated carbocycles. The maximum absolute atomic E-state index is 13.1. The molecule has 1 aliphatic carbocycles. The lowest BCUT2D eigenvalue weighted by Gasteiger charge is -2.34. The fraction of sp³-hybridized carbons (Fsp3) is 0.667. The van der Waals surface area contributed by atoms with Crippen LogP contribution in [-0.2, 0) is 11.3 Å². The molecule has 2 fully saturated rings. The van der Waals surface area contributed by atoms with Crippen LogP contribution < -0.4 is 10.1 Å². The van der Waals surface area contributed by atoms with Gasteiger partial charge in [-0.3, -0.25) is 4.90 Å². The molecule has 1 heterocycles. The number of morpholine rings is 1. The zero-order valence-corrected chi connectivity index (χ0v) is 16.7. The van der Waals surface area contributed by atoms with Gasteiger partial charge in [0.05, 0.1) is 26.9 Å². The van der Waals surface area contributed by atoms with E-state index in [1.54, 1.807) is 7.11 Å². The molecule has 3 rings (SSSR count). The number of methoxy groups -OCH3 is 1. The van der Waals surface area contributed by atoms with Crippen molar-refractivity contribution in [1.29, 1.82) is 0 Å². The van der Waals surface area contributed by atoms with E-state index in [-0.39, 0.29) is 6.03 Å². The van der Waals surface area contributed by atoms with Gasteiger partial charge in [0, 0.05) is 37.3 Å². The van der Waals surface area contributed by atoms with Gasteiger partial charge in [0.15, 0.2) is 0 Å². The Kier molecular flexibility index (Phi) is 7.35. The summed E-state index contributed by atoms with van der Waals surface area (Å²) in [6, 6.07) is 8.64. The van der Waals surface area contributed by atoms with E-state index in [2.05, 4.69) is 17.1 Å². The molecule has 0 bridgehead atoms. The zero-order chi connectivity index (χ0) is 19.1. The molecule has 1 aromatic rings. The van der Waals surface area contributed by atoms with Crippen LogP contribution in [0.3, 0.4) is 0 Å². The Labute approximate surface area is 162 Å². The first-order valence-corrected chi connectivity index (χ1v) is 10.2. The minimum Gasteiger partial charge on any atom is -0.496 e. The smallest absolute Gasteiger partial charge is 0.318 e. The van der Waals surface area contributed by atoms with Gasteiger partial charge in [0.25, 0.3) is 0 Å². The average molecular weight is 376 g/mol. The highest BCUT2D eigenvalue weighted by molar-refractivity contribution is 5.74. The number of hydrogen-bond donors (Lipinski definition) is 1. The third-order valence-corrected chi connectivity index (χ3v) is 5.78. The van der Waals surface area contributed by atoms with Gasteiger partial charge < -0.3 is 19.7 Å². The number of amides is 2. The van der Waals surface area contributed by atoms with Crippen LogP contribution in [0.15, 0.2) is 24.3 Å². The maximum Gasteiger partial charge on any atom is 0.318 e. The summed E-state index contributed by atoms with van der Waals surface area (Å²) >= 11 is 0. The number of carbonyl (C=O) groups is 1. The second-order valence-electron chi connectivity index (χ2n) is 7.56. The fourth-order valence-electron chi connectivity index (χ4n) is 4.08. The molecule has 2 aliphatic rings. The summed E-state index contributed by atoms with van der Waals surface area (Å²) in [5, 5.41) is 3.18. The van der Waals surface area contributed by atoms with Gasteiger partial charge in [-0.25, -0.2) is 4.79 Å². The predicted molar refractivity (Wildman–Crippen MR) is 106 cm³/mol. The summed E-state index contributed by atoms with van der Waals surface area (Å²) in [4.78, 5) is 17.4. The Morgan fingerprint density at radius 3 is 2.70 bits per heavy atom. The number of para-hydroxylation sites is 1. The lowest BCUT2D eigenvalue weighted by atomic mass is 10.1. The molecule has 6 nitrogen and oxygen atoms in total. The van der Waals surface area contributed by atoms with Crippen LogP contribution >= 0.6 is 0 Å². The monoisotopic (exact) mass is 375 g/mol. The van der Waals surface area contributed by atoms with Crippen LogP contribution in [0.1, 0.15) is 38.2 Å². The number of hydrogen-bond acceptors (Lipinski definition) is 4. The summed E-state index contributed by atoms with van der Waals surface area (Å²) in [5.74, 6) is 0.843. The fourth-order valence-corrected chi connectivity index (χ4v) is 4.08. The highest BCUT2D eigenvalue weighted by Gasteiger charge is 2.28. The van der Waals surface area contributed by atoms with Crippen molar-refractivity contribution in [2.75, 3.05) is 40.0 Å². The Morgan fingerprint density at radius 2 is 2.00 bits per heavy atom. The van der Waals surface area contributed by atoms with Crippen LogP contribution in [0, 0.1) is 0 Å². The van der Waals surface area contributed by atoms with Gasteiger partial charge in [0.2, 0.25) is 0 Å². The van der Waals surface area contributed by atoms with E-state index in [4.69, 9.17) is 9.47 Å². The first kappa shape index (κ1) is 20.0. The van der Waals surface area contributed by atoms with Crippen molar-refractivity contribution in [2.45, 2.75) is 51.2 Å². The molecular formula is C21H33N3O3. The summed E-state index contributed by atoms with van der Waals surface area (Å²) in [6.07, 6.45) is 4.57. The van der Waals surface area contributed by atoms with Crippen LogP contribution in [0.2, 0.25) is 0 Å². The Morgan fingerprint density at radius 1 is 1.30 bits per heavy atom. The molecule has 0 spiro atoms. The average Bonchev–Trinajstić information content (AvgIpc) is 3.25.